The molecule has 0 spiro atoms. The molecular weight excluding hydrogens is 559 g/mol. The summed E-state index contributed by atoms with van der Waals surface area (Å²) in [6.45, 7) is 30.1. The molecule has 0 rings (SSSR count). The number of nitrogens with one attached hydrogen (secondary N) is 1. The molecule has 0 aliphatic rings. The molecule has 2 unspecified atom stereocenters. The molecule has 1 amide bonds. The second-order valence-electron chi connectivity index (χ2n) is 12.3. The van der Waals surface area contributed by atoms with Gasteiger partial charge in [0, 0.05) is 31.5 Å². The third-order valence-electron chi connectivity index (χ3n) is 4.35. The van der Waals surface area contributed by atoms with Crippen molar-refractivity contribution in [3.8, 4) is 0 Å². The highest BCUT2D eigenvalue weighted by Crippen LogP contribution is 2.25. The number of carbonyl (C=O) groups excluding carboxylic acids is 1. The monoisotopic (exact) mass is 610 g/mol. The van der Waals surface area contributed by atoms with Crippen molar-refractivity contribution in [3.05, 3.63) is 12.2 Å². The van der Waals surface area contributed by atoms with Gasteiger partial charge >= 0.3 is 17.4 Å². The molecule has 0 aromatic heterocycles. The Hall–Kier alpha value is 0.271. The Kier molecular flexibility index (Phi) is 15.3. The first-order chi connectivity index (χ1) is 16.1. The van der Waals surface area contributed by atoms with Crippen LogP contribution in [0.5, 0.6) is 0 Å². The molecule has 0 fully saturated rings. The number of ether oxygens (including phenoxy) is 1. The van der Waals surface area contributed by atoms with Crippen molar-refractivity contribution in [2.24, 2.45) is 0 Å². The van der Waals surface area contributed by atoms with Crippen LogP contribution < -0.4 is 5.32 Å². The molecule has 0 aliphatic carbocycles. The molecular formula is C22H52NO7Si6. The third-order valence-corrected chi connectivity index (χ3v) is 19.8. The lowest BCUT2D eigenvalue weighted by Gasteiger charge is -2.38. The quantitative estimate of drug-likeness (QED) is 0.128. The van der Waals surface area contributed by atoms with Gasteiger partial charge in [-0.25, -0.2) is 0 Å². The summed E-state index contributed by atoms with van der Waals surface area (Å²) >= 11 is 0. The number of rotatable bonds is 19. The molecule has 0 aliphatic heterocycles. The SMILES string of the molecule is C=C(C)C(=O)NCC(COCCC[Si](C)(O[Si](C)(C)C)O[Si](C)(C)C)O[Si](C)(OC[Si])O[Si](C)(C)C. The van der Waals surface area contributed by atoms with Crippen molar-refractivity contribution in [1.29, 1.82) is 0 Å². The molecule has 36 heavy (non-hydrogen) atoms. The lowest BCUT2D eigenvalue weighted by molar-refractivity contribution is -0.118. The summed E-state index contributed by atoms with van der Waals surface area (Å²) in [7, 11) is -7.28. The molecule has 0 heterocycles. The number of amides is 1. The predicted octanol–water partition coefficient (Wildman–Crippen LogP) is 4.81. The van der Waals surface area contributed by atoms with Crippen molar-refractivity contribution in [1.82, 2.24) is 5.32 Å². The lowest BCUT2D eigenvalue weighted by atomic mass is 10.3. The average molecular weight is 611 g/mol. The van der Waals surface area contributed by atoms with Gasteiger partial charge in [-0.1, -0.05) is 6.58 Å². The Morgan fingerprint density at radius 1 is 0.889 bits per heavy atom. The Bertz CT molecular complexity index is 678. The molecule has 8 nitrogen and oxygen atoms in total. The zero-order valence-electron chi connectivity index (χ0n) is 24.9. The fraction of sp³-hybridized carbons (Fsp3) is 0.864. The van der Waals surface area contributed by atoms with E-state index in [-0.39, 0.29) is 12.5 Å². The minimum Gasteiger partial charge on any atom is -0.437 e. The van der Waals surface area contributed by atoms with E-state index in [0.717, 1.165) is 12.5 Å². The predicted molar refractivity (Wildman–Crippen MR) is 161 cm³/mol. The maximum atomic E-state index is 12.1. The van der Waals surface area contributed by atoms with E-state index in [9.17, 15) is 4.79 Å². The molecule has 2 atom stereocenters. The van der Waals surface area contributed by atoms with Crippen molar-refractivity contribution < 1.29 is 30.7 Å². The average Bonchev–Trinajstić information content (AvgIpc) is 2.60. The summed E-state index contributed by atoms with van der Waals surface area (Å²) < 4.78 is 37.8. The van der Waals surface area contributed by atoms with Crippen LogP contribution in [0.15, 0.2) is 12.2 Å². The number of hydrogen-bond acceptors (Lipinski definition) is 7. The van der Waals surface area contributed by atoms with E-state index in [1.807, 2.05) is 6.55 Å². The maximum Gasteiger partial charge on any atom is 0.487 e. The molecule has 0 saturated carbocycles. The number of hydrogen-bond donors (Lipinski definition) is 1. The molecule has 14 heteroatoms. The van der Waals surface area contributed by atoms with Gasteiger partial charge < -0.3 is 31.3 Å². The summed E-state index contributed by atoms with van der Waals surface area (Å²) in [6, 6.07) is 0.872. The van der Waals surface area contributed by atoms with Gasteiger partial charge in [-0.3, -0.25) is 4.79 Å². The molecule has 211 valence electrons. The topological polar surface area (TPSA) is 84.5 Å². The Morgan fingerprint density at radius 2 is 1.39 bits per heavy atom. The summed E-state index contributed by atoms with van der Waals surface area (Å²) in [5.74, 6) is -0.215. The Balaban J connectivity index is 5.22. The fourth-order valence-corrected chi connectivity index (χ4v) is 23.0. The van der Waals surface area contributed by atoms with E-state index in [2.05, 4.69) is 87.6 Å². The minimum absolute atomic E-state index is 0.215. The molecule has 0 aromatic carbocycles. The zero-order valence-corrected chi connectivity index (χ0v) is 30.9. The van der Waals surface area contributed by atoms with Crippen LogP contribution >= 0.6 is 0 Å². The molecule has 1 N–H and O–H groups in total. The molecule has 0 aromatic rings. The highest BCUT2D eigenvalue weighted by molar-refractivity contribution is 6.87. The van der Waals surface area contributed by atoms with Gasteiger partial charge in [0.1, 0.15) is 0 Å². The van der Waals surface area contributed by atoms with Crippen LogP contribution in [0.4, 0.5) is 0 Å². The van der Waals surface area contributed by atoms with Crippen LogP contribution in [0.2, 0.25) is 78.1 Å². The molecule has 3 radical (unpaired) electrons. The third kappa shape index (κ3) is 18.5. The van der Waals surface area contributed by atoms with Gasteiger partial charge in [-0.2, -0.15) is 0 Å². The van der Waals surface area contributed by atoms with Crippen molar-refractivity contribution in [2.45, 2.75) is 97.5 Å². The van der Waals surface area contributed by atoms with Crippen LogP contribution in [-0.4, -0.2) is 90.6 Å². The van der Waals surface area contributed by atoms with Crippen molar-refractivity contribution >= 4 is 58.5 Å². The number of carbonyl (C=O) groups is 1. The highest BCUT2D eigenvalue weighted by atomic mass is 28.5. The first-order valence-electron chi connectivity index (χ1n) is 12.7. The first-order valence-corrected chi connectivity index (χ1v) is 28.3. The zero-order chi connectivity index (χ0) is 28.4. The van der Waals surface area contributed by atoms with E-state index in [0.29, 0.717) is 25.0 Å². The van der Waals surface area contributed by atoms with E-state index in [4.69, 9.17) is 25.9 Å². The summed E-state index contributed by atoms with van der Waals surface area (Å²) in [4.78, 5) is 12.1. The Labute approximate surface area is 229 Å². The summed E-state index contributed by atoms with van der Waals surface area (Å²) in [5, 5.41) is 2.87. The largest absolute Gasteiger partial charge is 0.487 e. The van der Waals surface area contributed by atoms with Gasteiger partial charge in [0.2, 0.25) is 5.91 Å². The minimum atomic E-state index is -2.96. The molecule has 0 saturated heterocycles. The van der Waals surface area contributed by atoms with Crippen LogP contribution in [0.25, 0.3) is 0 Å². The van der Waals surface area contributed by atoms with Crippen LogP contribution in [0.1, 0.15) is 13.3 Å². The van der Waals surface area contributed by atoms with Crippen LogP contribution in [0, 0.1) is 0 Å². The van der Waals surface area contributed by atoms with Gasteiger partial charge in [0.05, 0.1) is 23.0 Å². The van der Waals surface area contributed by atoms with Crippen molar-refractivity contribution in [2.75, 3.05) is 26.0 Å². The molecule has 0 bridgehead atoms. The lowest BCUT2D eigenvalue weighted by Crippen LogP contribution is -2.54. The standard InChI is InChI=1S/C22H52NO7Si6/c1-20(2)22(24)23-17-21(27-36(13,26-19-31)30-34(9,10)11)18-25-15-14-16-35(12,28-32(3,4)5)29-33(6,7)8/h21H,1,14-19H2,2-13H3,(H,23,24). The van der Waals surface area contributed by atoms with E-state index >= 15 is 0 Å². The van der Waals surface area contributed by atoms with Gasteiger partial charge in [-0.15, -0.1) is 0 Å². The summed E-state index contributed by atoms with van der Waals surface area (Å²) in [6.07, 6.45) is 0.718. The van der Waals surface area contributed by atoms with E-state index in [1.54, 1.807) is 6.92 Å². The second kappa shape index (κ2) is 15.2. The Morgan fingerprint density at radius 3 is 1.81 bits per heavy atom. The first kappa shape index (κ1) is 36.3. The maximum absolute atomic E-state index is 12.1. The van der Waals surface area contributed by atoms with E-state index in [1.165, 1.54) is 0 Å². The van der Waals surface area contributed by atoms with Gasteiger partial charge in [0.15, 0.2) is 25.0 Å². The van der Waals surface area contributed by atoms with Crippen LogP contribution in [0.3, 0.4) is 0 Å². The van der Waals surface area contributed by atoms with Crippen LogP contribution in [-0.2, 0) is 30.7 Å². The van der Waals surface area contributed by atoms with Gasteiger partial charge in [-0.05, 0) is 84.9 Å². The van der Waals surface area contributed by atoms with Crippen molar-refractivity contribution in [3.63, 3.8) is 0 Å². The van der Waals surface area contributed by atoms with E-state index < -0.39 is 48.4 Å². The second-order valence-corrected chi connectivity index (χ2v) is 32.8. The smallest absolute Gasteiger partial charge is 0.437 e. The summed E-state index contributed by atoms with van der Waals surface area (Å²) in [5.41, 5.74) is 0.443. The van der Waals surface area contributed by atoms with Gasteiger partial charge in [0.25, 0.3) is 0 Å². The highest BCUT2D eigenvalue weighted by Gasteiger charge is 2.42. The fourth-order valence-electron chi connectivity index (χ4n) is 3.70. The normalized spacial score (nSPS) is 15.9.